The summed E-state index contributed by atoms with van der Waals surface area (Å²) in [5, 5.41) is 19.7. The first kappa shape index (κ1) is 12.7. The van der Waals surface area contributed by atoms with Crippen molar-refractivity contribution in [2.75, 3.05) is 25.1 Å². The molecule has 2 atom stereocenters. The van der Waals surface area contributed by atoms with Crippen LogP contribution >= 0.6 is 0 Å². The number of carboxylic acids is 1. The second-order valence-corrected chi connectivity index (χ2v) is 5.21. The first-order chi connectivity index (χ1) is 9.52. The van der Waals surface area contributed by atoms with Crippen LogP contribution in [0.1, 0.15) is 0 Å². The summed E-state index contributed by atoms with van der Waals surface area (Å²) in [6, 6.07) is 4.50. The van der Waals surface area contributed by atoms with Gasteiger partial charge in [-0.05, 0) is 17.9 Å². The van der Waals surface area contributed by atoms with Gasteiger partial charge in [0.05, 0.1) is 29.7 Å². The molecule has 2 aliphatic rings. The number of carboxylic acid groups (broad SMARTS) is 1. The Morgan fingerprint density at radius 1 is 1.45 bits per heavy atom. The van der Waals surface area contributed by atoms with Gasteiger partial charge >= 0.3 is 5.97 Å². The van der Waals surface area contributed by atoms with Crippen LogP contribution in [0.4, 0.5) is 11.4 Å². The summed E-state index contributed by atoms with van der Waals surface area (Å²) in [5.41, 5.74) is 0.771. The van der Waals surface area contributed by atoms with E-state index in [4.69, 9.17) is 9.84 Å². The number of piperidine rings is 1. The van der Waals surface area contributed by atoms with E-state index < -0.39 is 10.9 Å². The minimum atomic E-state index is -0.727. The van der Waals surface area contributed by atoms with Crippen LogP contribution in [0.2, 0.25) is 0 Å². The molecule has 20 heavy (non-hydrogen) atoms. The summed E-state index contributed by atoms with van der Waals surface area (Å²) in [6.45, 7) is 1.33. The van der Waals surface area contributed by atoms with Gasteiger partial charge < -0.3 is 14.7 Å². The lowest BCUT2D eigenvalue weighted by Gasteiger charge is -2.23. The minimum absolute atomic E-state index is 0.0154. The van der Waals surface area contributed by atoms with Crippen LogP contribution in [0.3, 0.4) is 0 Å². The molecular weight excluding hydrogens is 264 g/mol. The Morgan fingerprint density at radius 2 is 2.10 bits per heavy atom. The standard InChI is InChI=1S/C13H14N2O5/c1-20-11-4-7(15(18)19)2-3-10(11)14-5-8-9(6-14)12(8)13(16)17/h2-4,8-9,12H,5-6H2,1H3,(H,16,17). The molecular formula is C13H14N2O5. The molecule has 7 nitrogen and oxygen atoms in total. The van der Waals surface area contributed by atoms with Crippen LogP contribution < -0.4 is 9.64 Å². The van der Waals surface area contributed by atoms with Gasteiger partial charge in [0.15, 0.2) is 0 Å². The highest BCUT2D eigenvalue weighted by Gasteiger charge is 2.60. The van der Waals surface area contributed by atoms with Gasteiger partial charge in [-0.15, -0.1) is 0 Å². The predicted octanol–water partition coefficient (Wildman–Crippen LogP) is 1.37. The van der Waals surface area contributed by atoms with Crippen molar-refractivity contribution < 1.29 is 19.6 Å². The first-order valence-electron chi connectivity index (χ1n) is 6.33. The number of ether oxygens (including phenoxy) is 1. The van der Waals surface area contributed by atoms with E-state index in [1.807, 2.05) is 4.90 Å². The number of rotatable bonds is 4. The number of methoxy groups -OCH3 is 1. The first-order valence-corrected chi connectivity index (χ1v) is 6.33. The van der Waals surface area contributed by atoms with Crippen LogP contribution in [0, 0.1) is 27.9 Å². The number of hydrogen-bond donors (Lipinski definition) is 1. The van der Waals surface area contributed by atoms with Crippen LogP contribution in [0.25, 0.3) is 0 Å². The maximum atomic E-state index is 10.9. The number of benzene rings is 1. The van der Waals surface area contributed by atoms with Crippen molar-refractivity contribution in [3.8, 4) is 5.75 Å². The van der Waals surface area contributed by atoms with E-state index in [1.54, 1.807) is 6.07 Å². The highest BCUT2D eigenvalue weighted by atomic mass is 16.6. The average Bonchev–Trinajstić information content (AvgIpc) is 2.94. The van der Waals surface area contributed by atoms with E-state index in [9.17, 15) is 14.9 Å². The minimum Gasteiger partial charge on any atom is -0.494 e. The Morgan fingerprint density at radius 3 is 2.60 bits per heavy atom. The molecule has 2 fully saturated rings. The summed E-state index contributed by atoms with van der Waals surface area (Å²) >= 11 is 0. The Labute approximate surface area is 114 Å². The SMILES string of the molecule is COc1cc([N+](=O)[O-])ccc1N1CC2C(C1)C2C(=O)O. The maximum Gasteiger partial charge on any atom is 0.307 e. The van der Waals surface area contributed by atoms with E-state index in [-0.39, 0.29) is 23.4 Å². The Hall–Kier alpha value is -2.31. The number of aliphatic carboxylic acids is 1. The third-order valence-electron chi connectivity index (χ3n) is 4.19. The number of fused-ring (bicyclic) bond motifs is 1. The van der Waals surface area contributed by atoms with Gasteiger partial charge in [0.1, 0.15) is 5.75 Å². The zero-order valence-electron chi connectivity index (χ0n) is 10.9. The number of non-ortho nitro benzene ring substituents is 1. The molecule has 106 valence electrons. The molecule has 0 aromatic heterocycles. The second kappa shape index (κ2) is 4.36. The quantitative estimate of drug-likeness (QED) is 0.660. The maximum absolute atomic E-state index is 10.9. The number of hydrogen-bond acceptors (Lipinski definition) is 5. The fraction of sp³-hybridized carbons (Fsp3) is 0.462. The van der Waals surface area contributed by atoms with Gasteiger partial charge in [0.2, 0.25) is 0 Å². The molecule has 0 radical (unpaired) electrons. The normalized spacial score (nSPS) is 27.1. The summed E-state index contributed by atoms with van der Waals surface area (Å²) < 4.78 is 5.21. The van der Waals surface area contributed by atoms with Gasteiger partial charge in [-0.25, -0.2) is 0 Å². The van der Waals surface area contributed by atoms with Crippen LogP contribution in [0.5, 0.6) is 5.75 Å². The van der Waals surface area contributed by atoms with Gasteiger partial charge in [-0.1, -0.05) is 0 Å². The van der Waals surface area contributed by atoms with E-state index in [0.717, 1.165) is 5.69 Å². The van der Waals surface area contributed by atoms with Crippen molar-refractivity contribution in [1.29, 1.82) is 0 Å². The topological polar surface area (TPSA) is 92.9 Å². The van der Waals surface area contributed by atoms with Gasteiger partial charge in [0, 0.05) is 19.2 Å². The van der Waals surface area contributed by atoms with E-state index >= 15 is 0 Å². The molecule has 1 aliphatic carbocycles. The molecule has 1 heterocycles. The van der Waals surface area contributed by atoms with Gasteiger partial charge in [-0.3, -0.25) is 14.9 Å². The van der Waals surface area contributed by atoms with Crippen molar-refractivity contribution in [3.05, 3.63) is 28.3 Å². The van der Waals surface area contributed by atoms with E-state index in [0.29, 0.717) is 18.8 Å². The molecule has 1 aromatic carbocycles. The summed E-state index contributed by atoms with van der Waals surface area (Å²) in [7, 11) is 1.47. The second-order valence-electron chi connectivity index (χ2n) is 5.21. The fourth-order valence-corrected chi connectivity index (χ4v) is 3.13. The lowest BCUT2D eigenvalue weighted by atomic mass is 10.2. The summed E-state index contributed by atoms with van der Waals surface area (Å²) in [5.74, 6) is -0.127. The van der Waals surface area contributed by atoms with Crippen LogP contribution in [-0.2, 0) is 4.79 Å². The van der Waals surface area contributed by atoms with E-state index in [1.165, 1.54) is 19.2 Å². The lowest BCUT2D eigenvalue weighted by molar-refractivity contribution is -0.384. The molecule has 0 amide bonds. The Balaban J connectivity index is 1.79. The van der Waals surface area contributed by atoms with Crippen molar-refractivity contribution in [2.24, 2.45) is 17.8 Å². The van der Waals surface area contributed by atoms with Crippen molar-refractivity contribution >= 4 is 17.3 Å². The van der Waals surface area contributed by atoms with Crippen LogP contribution in [0.15, 0.2) is 18.2 Å². The molecule has 1 saturated heterocycles. The van der Waals surface area contributed by atoms with Crippen molar-refractivity contribution in [3.63, 3.8) is 0 Å². The van der Waals surface area contributed by atoms with E-state index in [2.05, 4.69) is 0 Å². The summed E-state index contributed by atoms with van der Waals surface area (Å²) in [6.07, 6.45) is 0. The molecule has 1 N–H and O–H groups in total. The zero-order chi connectivity index (χ0) is 14.4. The Kier molecular flexibility index (Phi) is 2.77. The number of nitrogens with zero attached hydrogens (tertiary/aromatic N) is 2. The summed E-state index contributed by atoms with van der Waals surface area (Å²) in [4.78, 5) is 23.3. The molecule has 1 saturated carbocycles. The number of carbonyl (C=O) groups is 1. The molecule has 3 rings (SSSR count). The zero-order valence-corrected chi connectivity index (χ0v) is 10.9. The largest absolute Gasteiger partial charge is 0.494 e. The third kappa shape index (κ3) is 1.86. The molecule has 7 heteroatoms. The monoisotopic (exact) mass is 278 g/mol. The number of anilines is 1. The molecule has 1 aromatic rings. The highest BCUT2D eigenvalue weighted by Crippen LogP contribution is 2.53. The third-order valence-corrected chi connectivity index (χ3v) is 4.19. The molecule has 2 unspecified atom stereocenters. The lowest BCUT2D eigenvalue weighted by Crippen LogP contribution is -2.26. The van der Waals surface area contributed by atoms with Gasteiger partial charge in [0.25, 0.3) is 5.69 Å². The molecule has 0 spiro atoms. The average molecular weight is 278 g/mol. The molecule has 0 bridgehead atoms. The van der Waals surface area contributed by atoms with Crippen LogP contribution in [-0.4, -0.2) is 36.2 Å². The van der Waals surface area contributed by atoms with Gasteiger partial charge in [-0.2, -0.15) is 0 Å². The smallest absolute Gasteiger partial charge is 0.307 e. The van der Waals surface area contributed by atoms with Crippen molar-refractivity contribution in [2.45, 2.75) is 0 Å². The van der Waals surface area contributed by atoms with Crippen molar-refractivity contribution in [1.82, 2.24) is 0 Å². The Bertz CT molecular complexity index is 576. The highest BCUT2D eigenvalue weighted by molar-refractivity contribution is 5.76. The molecule has 1 aliphatic heterocycles. The predicted molar refractivity (Wildman–Crippen MR) is 70.0 cm³/mol. The fourth-order valence-electron chi connectivity index (χ4n) is 3.13. The number of nitro benzene ring substituents is 1. The number of nitro groups is 1.